The zero-order valence-electron chi connectivity index (χ0n) is 11.0. The van der Waals surface area contributed by atoms with Crippen LogP contribution in [0.2, 0.25) is 0 Å². The second kappa shape index (κ2) is 6.77. The minimum Gasteiger partial charge on any atom is -0.409 e. The van der Waals surface area contributed by atoms with Gasteiger partial charge in [-0.25, -0.2) is 0 Å². The van der Waals surface area contributed by atoms with Gasteiger partial charge >= 0.3 is 0 Å². The molecule has 1 aliphatic rings. The fraction of sp³-hybridized carbons (Fsp3) is 0.538. The molecule has 5 nitrogen and oxygen atoms in total. The molecule has 1 aliphatic carbocycles. The largest absolute Gasteiger partial charge is 0.409 e. The summed E-state index contributed by atoms with van der Waals surface area (Å²) < 4.78 is 0. The maximum atomic E-state index is 8.76. The third-order valence-electron chi connectivity index (χ3n) is 3.54. The molecule has 104 valence electrons. The van der Waals surface area contributed by atoms with Crippen molar-refractivity contribution in [3.63, 3.8) is 0 Å². The number of oxime groups is 1. The Morgan fingerprint density at radius 1 is 1.63 bits per heavy atom. The molecule has 0 amide bonds. The van der Waals surface area contributed by atoms with Gasteiger partial charge in [-0.2, -0.15) is 11.8 Å². The summed E-state index contributed by atoms with van der Waals surface area (Å²) >= 11 is 1.94. The fourth-order valence-corrected chi connectivity index (χ4v) is 3.25. The first-order chi connectivity index (χ1) is 9.24. The highest BCUT2D eigenvalue weighted by Gasteiger charge is 2.23. The van der Waals surface area contributed by atoms with Gasteiger partial charge < -0.3 is 16.3 Å². The van der Waals surface area contributed by atoms with Crippen molar-refractivity contribution in [2.24, 2.45) is 10.9 Å². The highest BCUT2D eigenvalue weighted by Crippen LogP contribution is 2.28. The number of aromatic nitrogens is 1. The van der Waals surface area contributed by atoms with Crippen LogP contribution in [0.5, 0.6) is 0 Å². The van der Waals surface area contributed by atoms with Crippen molar-refractivity contribution < 1.29 is 5.21 Å². The first-order valence-electron chi connectivity index (χ1n) is 6.42. The number of thioether (sulfide) groups is 1. The maximum absolute atomic E-state index is 8.76. The normalized spacial score (nSPS) is 23.7. The highest BCUT2D eigenvalue weighted by molar-refractivity contribution is 7.99. The van der Waals surface area contributed by atoms with Crippen LogP contribution in [0.15, 0.2) is 23.5 Å². The molecule has 1 saturated carbocycles. The standard InChI is InChI=1S/C13H20N4OS/c1-19-11-5-4-10(7-11)16-8-9-3-2-6-15-12(9)13(14)17-18/h2-3,6,10-11,16,18H,4-5,7-8H2,1H3,(H2,14,17). The highest BCUT2D eigenvalue weighted by atomic mass is 32.2. The smallest absolute Gasteiger partial charge is 0.189 e. The Labute approximate surface area is 117 Å². The van der Waals surface area contributed by atoms with Crippen LogP contribution in [-0.4, -0.2) is 33.6 Å². The van der Waals surface area contributed by atoms with Crippen molar-refractivity contribution in [3.8, 4) is 0 Å². The Kier molecular flexibility index (Phi) is 5.04. The summed E-state index contributed by atoms with van der Waals surface area (Å²) in [4.78, 5) is 4.17. The van der Waals surface area contributed by atoms with Crippen LogP contribution in [-0.2, 0) is 6.54 Å². The van der Waals surface area contributed by atoms with Gasteiger partial charge in [0.2, 0.25) is 0 Å². The monoisotopic (exact) mass is 280 g/mol. The van der Waals surface area contributed by atoms with E-state index in [2.05, 4.69) is 21.7 Å². The lowest BCUT2D eigenvalue weighted by atomic mass is 10.1. The van der Waals surface area contributed by atoms with Crippen LogP contribution in [0.1, 0.15) is 30.5 Å². The summed E-state index contributed by atoms with van der Waals surface area (Å²) in [6.07, 6.45) is 7.52. The minimum atomic E-state index is 0.0609. The second-order valence-electron chi connectivity index (χ2n) is 4.74. The van der Waals surface area contributed by atoms with E-state index in [1.54, 1.807) is 6.20 Å². The molecule has 4 N–H and O–H groups in total. The molecule has 19 heavy (non-hydrogen) atoms. The predicted molar refractivity (Wildman–Crippen MR) is 78.5 cm³/mol. The van der Waals surface area contributed by atoms with Crippen LogP contribution >= 0.6 is 11.8 Å². The van der Waals surface area contributed by atoms with Crippen LogP contribution in [0.3, 0.4) is 0 Å². The van der Waals surface area contributed by atoms with Gasteiger partial charge in [0, 0.05) is 24.0 Å². The summed E-state index contributed by atoms with van der Waals surface area (Å²) in [5.74, 6) is 0.0609. The third-order valence-corrected chi connectivity index (χ3v) is 4.64. The summed E-state index contributed by atoms with van der Waals surface area (Å²) in [6.45, 7) is 0.700. The molecular formula is C13H20N4OS. The molecule has 0 bridgehead atoms. The van der Waals surface area contributed by atoms with Gasteiger partial charge in [-0.3, -0.25) is 4.98 Å². The van der Waals surface area contributed by atoms with Crippen LogP contribution in [0.4, 0.5) is 0 Å². The first-order valence-corrected chi connectivity index (χ1v) is 7.71. The number of nitrogens with two attached hydrogens (primary N) is 1. The predicted octanol–water partition coefficient (Wildman–Crippen LogP) is 1.55. The SMILES string of the molecule is CSC1CCC(NCc2cccnc2/C(N)=N/O)C1. The molecule has 0 spiro atoms. The van der Waals surface area contributed by atoms with E-state index in [9.17, 15) is 0 Å². The average molecular weight is 280 g/mol. The Bertz CT molecular complexity index is 452. The Balaban J connectivity index is 1.96. The zero-order chi connectivity index (χ0) is 13.7. The van der Waals surface area contributed by atoms with Crippen molar-refractivity contribution in [2.75, 3.05) is 6.26 Å². The van der Waals surface area contributed by atoms with Crippen LogP contribution in [0, 0.1) is 0 Å². The van der Waals surface area contributed by atoms with Gasteiger partial charge in [0.15, 0.2) is 5.84 Å². The van der Waals surface area contributed by atoms with E-state index in [1.165, 1.54) is 19.3 Å². The molecule has 2 atom stereocenters. The van der Waals surface area contributed by atoms with Gasteiger partial charge in [-0.1, -0.05) is 11.2 Å². The van der Waals surface area contributed by atoms with Crippen LogP contribution in [0.25, 0.3) is 0 Å². The molecule has 6 heteroatoms. The molecule has 0 aromatic carbocycles. The van der Waals surface area contributed by atoms with Crippen molar-refractivity contribution in [3.05, 3.63) is 29.6 Å². The van der Waals surface area contributed by atoms with Crippen molar-refractivity contribution in [1.82, 2.24) is 10.3 Å². The summed E-state index contributed by atoms with van der Waals surface area (Å²) in [5, 5.41) is 16.1. The molecular weight excluding hydrogens is 260 g/mol. The van der Waals surface area contributed by atoms with E-state index in [-0.39, 0.29) is 5.84 Å². The molecule has 2 unspecified atom stereocenters. The quantitative estimate of drug-likeness (QED) is 0.330. The van der Waals surface area contributed by atoms with Crippen molar-refractivity contribution in [1.29, 1.82) is 0 Å². The van der Waals surface area contributed by atoms with E-state index in [4.69, 9.17) is 10.9 Å². The number of nitrogens with zero attached hydrogens (tertiary/aromatic N) is 2. The van der Waals surface area contributed by atoms with Gasteiger partial charge in [0.1, 0.15) is 5.69 Å². The van der Waals surface area contributed by atoms with E-state index in [0.717, 1.165) is 10.8 Å². The third kappa shape index (κ3) is 3.61. The first kappa shape index (κ1) is 14.1. The number of rotatable bonds is 5. The number of amidine groups is 1. The van der Waals surface area contributed by atoms with Gasteiger partial charge in [0.25, 0.3) is 0 Å². The zero-order valence-corrected chi connectivity index (χ0v) is 11.9. The molecule has 0 radical (unpaired) electrons. The van der Waals surface area contributed by atoms with Crippen molar-refractivity contribution in [2.45, 2.75) is 37.1 Å². The number of nitrogens with one attached hydrogen (secondary N) is 1. The lowest BCUT2D eigenvalue weighted by Crippen LogP contribution is -2.28. The molecule has 1 aromatic rings. The number of hydrogen-bond donors (Lipinski definition) is 3. The Morgan fingerprint density at radius 3 is 3.16 bits per heavy atom. The summed E-state index contributed by atoms with van der Waals surface area (Å²) in [5.41, 5.74) is 7.14. The summed E-state index contributed by atoms with van der Waals surface area (Å²) in [6, 6.07) is 4.37. The van der Waals surface area contributed by atoms with Gasteiger partial charge in [-0.05, 0) is 37.1 Å². The van der Waals surface area contributed by atoms with Crippen molar-refractivity contribution >= 4 is 17.6 Å². The van der Waals surface area contributed by atoms with E-state index < -0.39 is 0 Å². The van der Waals surface area contributed by atoms with Gasteiger partial charge in [0.05, 0.1) is 0 Å². The van der Waals surface area contributed by atoms with E-state index in [0.29, 0.717) is 18.3 Å². The molecule has 0 saturated heterocycles. The molecule has 0 aliphatic heterocycles. The molecule has 1 aromatic heterocycles. The lowest BCUT2D eigenvalue weighted by molar-refractivity contribution is 0.318. The Hall–Kier alpha value is -1.27. The average Bonchev–Trinajstić information content (AvgIpc) is 2.92. The molecule has 1 heterocycles. The minimum absolute atomic E-state index is 0.0609. The topological polar surface area (TPSA) is 83.5 Å². The molecule has 2 rings (SSSR count). The van der Waals surface area contributed by atoms with Gasteiger partial charge in [-0.15, -0.1) is 0 Å². The second-order valence-corrected chi connectivity index (χ2v) is 5.88. The maximum Gasteiger partial charge on any atom is 0.189 e. The summed E-state index contributed by atoms with van der Waals surface area (Å²) in [7, 11) is 0. The number of pyridine rings is 1. The Morgan fingerprint density at radius 2 is 2.47 bits per heavy atom. The fourth-order valence-electron chi connectivity index (χ4n) is 2.45. The van der Waals surface area contributed by atoms with Crippen LogP contribution < -0.4 is 11.1 Å². The van der Waals surface area contributed by atoms with E-state index in [1.807, 2.05) is 23.9 Å². The van der Waals surface area contributed by atoms with E-state index >= 15 is 0 Å². The lowest BCUT2D eigenvalue weighted by Gasteiger charge is -2.14. The molecule has 1 fully saturated rings. The number of hydrogen-bond acceptors (Lipinski definition) is 5.